The van der Waals surface area contributed by atoms with Crippen LogP contribution >= 0.6 is 0 Å². The number of nitrogens with zero attached hydrogens (tertiary/aromatic N) is 3. The van der Waals surface area contributed by atoms with Crippen molar-refractivity contribution in [2.45, 2.75) is 26.3 Å². The smallest absolute Gasteiger partial charge is 0.325 e. The second kappa shape index (κ2) is 7.91. The van der Waals surface area contributed by atoms with Crippen molar-refractivity contribution in [3.8, 4) is 17.2 Å². The molecule has 4 amide bonds. The Morgan fingerprint density at radius 1 is 1.09 bits per heavy atom. The molecule has 174 valence electrons. The largest absolute Gasteiger partial charge is 0.454 e. The Bertz CT molecular complexity index is 1320. The lowest BCUT2D eigenvalue weighted by Crippen LogP contribution is -2.42. The van der Waals surface area contributed by atoms with Crippen molar-refractivity contribution in [3.63, 3.8) is 0 Å². The predicted octanol–water partition coefficient (Wildman–Crippen LogP) is 2.62. The third kappa shape index (κ3) is 3.62. The number of rotatable bonds is 5. The molecule has 0 spiro atoms. The second-order valence-corrected chi connectivity index (χ2v) is 8.48. The van der Waals surface area contributed by atoms with Crippen LogP contribution in [0.15, 0.2) is 48.5 Å². The summed E-state index contributed by atoms with van der Waals surface area (Å²) in [4.78, 5) is 39.6. The zero-order valence-corrected chi connectivity index (χ0v) is 18.9. The van der Waals surface area contributed by atoms with Gasteiger partial charge in [0.1, 0.15) is 17.9 Å². The summed E-state index contributed by atoms with van der Waals surface area (Å²) in [6.45, 7) is 5.05. The molecule has 5 rings (SSSR count). The van der Waals surface area contributed by atoms with E-state index < -0.39 is 29.9 Å². The maximum Gasteiger partial charge on any atom is 0.325 e. The molecule has 1 atom stereocenters. The van der Waals surface area contributed by atoms with Crippen molar-refractivity contribution in [1.82, 2.24) is 20.0 Å². The number of fused-ring (bicyclic) bond motifs is 1. The number of hydrogen-bond acceptors (Lipinski definition) is 6. The maximum atomic E-state index is 13.2. The summed E-state index contributed by atoms with van der Waals surface area (Å²) in [7, 11) is 0. The molecule has 2 N–H and O–H groups in total. The zero-order valence-electron chi connectivity index (χ0n) is 18.9. The van der Waals surface area contributed by atoms with Crippen LogP contribution < -0.4 is 20.1 Å². The number of aryl methyl sites for hydroxylation is 2. The van der Waals surface area contributed by atoms with E-state index in [0.29, 0.717) is 28.6 Å². The number of carbonyl (C=O) groups is 3. The molecule has 1 fully saturated rings. The van der Waals surface area contributed by atoms with Gasteiger partial charge in [-0.2, -0.15) is 5.10 Å². The highest BCUT2D eigenvalue weighted by molar-refractivity contribution is 6.10. The molecule has 3 aromatic rings. The Hall–Kier alpha value is -4.34. The van der Waals surface area contributed by atoms with Crippen LogP contribution in [0.4, 0.5) is 10.6 Å². The summed E-state index contributed by atoms with van der Waals surface area (Å²) in [5.74, 6) is 0.455. The van der Waals surface area contributed by atoms with Gasteiger partial charge in [-0.25, -0.2) is 9.48 Å². The molecule has 10 heteroatoms. The van der Waals surface area contributed by atoms with Crippen molar-refractivity contribution >= 4 is 23.7 Å². The van der Waals surface area contributed by atoms with E-state index in [1.165, 1.54) is 0 Å². The number of benzene rings is 2. The van der Waals surface area contributed by atoms with Crippen molar-refractivity contribution in [2.24, 2.45) is 0 Å². The fourth-order valence-corrected chi connectivity index (χ4v) is 4.04. The van der Waals surface area contributed by atoms with Crippen molar-refractivity contribution in [1.29, 1.82) is 0 Å². The number of nitrogens with one attached hydrogen (secondary N) is 2. The number of anilines is 1. The molecule has 34 heavy (non-hydrogen) atoms. The summed E-state index contributed by atoms with van der Waals surface area (Å²) >= 11 is 0. The first kappa shape index (κ1) is 21.5. The van der Waals surface area contributed by atoms with Gasteiger partial charge in [-0.05, 0) is 50.6 Å². The van der Waals surface area contributed by atoms with Crippen LogP contribution in [0.2, 0.25) is 0 Å². The molecule has 1 saturated heterocycles. The molecule has 0 bridgehead atoms. The average Bonchev–Trinajstić information content (AvgIpc) is 3.47. The molecule has 3 heterocycles. The lowest BCUT2D eigenvalue weighted by molar-refractivity contribution is -0.133. The van der Waals surface area contributed by atoms with Gasteiger partial charge in [0.05, 0.1) is 11.4 Å². The van der Waals surface area contributed by atoms with Gasteiger partial charge in [-0.3, -0.25) is 14.5 Å². The fourth-order valence-electron chi connectivity index (χ4n) is 4.04. The summed E-state index contributed by atoms with van der Waals surface area (Å²) in [5, 5.41) is 9.90. The number of urea groups is 1. The fraction of sp³-hybridized carbons (Fsp3) is 0.250. The summed E-state index contributed by atoms with van der Waals surface area (Å²) in [5.41, 5.74) is 1.78. The number of ether oxygens (including phenoxy) is 2. The van der Waals surface area contributed by atoms with E-state index in [1.807, 2.05) is 38.1 Å². The lowest BCUT2D eigenvalue weighted by Gasteiger charge is -2.22. The SMILES string of the molecule is Cc1ccc(-n2nc(C)cc2NC(=O)CN2C(=O)N[C@@](C)(c3ccc4c(c3)OCO4)C2=O)cc1. The van der Waals surface area contributed by atoms with Gasteiger partial charge < -0.3 is 20.1 Å². The van der Waals surface area contributed by atoms with Crippen LogP contribution in [-0.2, 0) is 15.1 Å². The highest BCUT2D eigenvalue weighted by Crippen LogP contribution is 2.37. The van der Waals surface area contributed by atoms with Crippen molar-refractivity contribution in [3.05, 3.63) is 65.4 Å². The molecule has 0 unspecified atom stereocenters. The normalized spacial score (nSPS) is 18.9. The average molecular weight is 461 g/mol. The number of aromatic nitrogens is 2. The molecule has 1 aromatic heterocycles. The van der Waals surface area contributed by atoms with Crippen LogP contribution in [0.25, 0.3) is 5.69 Å². The molecule has 2 aliphatic heterocycles. The van der Waals surface area contributed by atoms with Gasteiger partial charge in [0.2, 0.25) is 12.7 Å². The first-order chi connectivity index (χ1) is 16.2. The van der Waals surface area contributed by atoms with E-state index >= 15 is 0 Å². The number of carbonyl (C=O) groups excluding carboxylic acids is 3. The molecule has 2 aromatic carbocycles. The quantitative estimate of drug-likeness (QED) is 0.565. The molecule has 0 radical (unpaired) electrons. The van der Waals surface area contributed by atoms with Gasteiger partial charge in [-0.15, -0.1) is 0 Å². The Kier molecular flexibility index (Phi) is 5.00. The first-order valence-corrected chi connectivity index (χ1v) is 10.7. The first-order valence-electron chi connectivity index (χ1n) is 10.7. The monoisotopic (exact) mass is 461 g/mol. The van der Waals surface area contributed by atoms with E-state index in [-0.39, 0.29) is 6.79 Å². The number of hydrogen-bond donors (Lipinski definition) is 2. The Balaban J connectivity index is 1.33. The van der Waals surface area contributed by atoms with Crippen LogP contribution in [0.5, 0.6) is 11.5 Å². The minimum atomic E-state index is -1.33. The third-order valence-corrected chi connectivity index (χ3v) is 5.90. The molecular weight excluding hydrogens is 438 g/mol. The minimum absolute atomic E-state index is 0.0980. The predicted molar refractivity (Wildman–Crippen MR) is 122 cm³/mol. The van der Waals surface area contributed by atoms with Gasteiger partial charge >= 0.3 is 6.03 Å². The summed E-state index contributed by atoms with van der Waals surface area (Å²) < 4.78 is 12.3. The van der Waals surface area contributed by atoms with Gasteiger partial charge in [0.15, 0.2) is 11.5 Å². The molecule has 10 nitrogen and oxygen atoms in total. The van der Waals surface area contributed by atoms with Gasteiger partial charge in [-0.1, -0.05) is 23.8 Å². The van der Waals surface area contributed by atoms with Crippen molar-refractivity contribution < 1.29 is 23.9 Å². The van der Waals surface area contributed by atoms with E-state index in [2.05, 4.69) is 15.7 Å². The Morgan fingerprint density at radius 3 is 2.59 bits per heavy atom. The minimum Gasteiger partial charge on any atom is -0.454 e. The van der Waals surface area contributed by atoms with E-state index in [1.54, 1.807) is 35.9 Å². The molecule has 2 aliphatic rings. The third-order valence-electron chi connectivity index (χ3n) is 5.90. The number of amides is 4. The number of imide groups is 1. The Morgan fingerprint density at radius 2 is 1.82 bits per heavy atom. The van der Waals surface area contributed by atoms with Crippen LogP contribution in [0, 0.1) is 13.8 Å². The maximum absolute atomic E-state index is 13.2. The Labute approximate surface area is 195 Å². The van der Waals surface area contributed by atoms with Crippen LogP contribution in [-0.4, -0.2) is 45.9 Å². The summed E-state index contributed by atoms with van der Waals surface area (Å²) in [6.07, 6.45) is 0. The van der Waals surface area contributed by atoms with E-state index in [4.69, 9.17) is 9.47 Å². The van der Waals surface area contributed by atoms with E-state index in [0.717, 1.165) is 16.2 Å². The standard InChI is InChI=1S/C24H23N5O5/c1-14-4-7-17(8-5-14)29-20(10-15(2)27-29)25-21(30)12-28-22(31)24(3,26-23(28)32)16-6-9-18-19(11-16)34-13-33-18/h4-11H,12-13H2,1-3H3,(H,25,30)(H,26,32)/t24-/m0/s1. The zero-order chi connectivity index (χ0) is 24.0. The van der Waals surface area contributed by atoms with Crippen LogP contribution in [0.1, 0.15) is 23.7 Å². The lowest BCUT2D eigenvalue weighted by atomic mass is 9.91. The van der Waals surface area contributed by atoms with Gasteiger partial charge in [0, 0.05) is 6.07 Å². The second-order valence-electron chi connectivity index (χ2n) is 8.48. The van der Waals surface area contributed by atoms with Crippen molar-refractivity contribution in [2.75, 3.05) is 18.7 Å². The summed E-state index contributed by atoms with van der Waals surface area (Å²) in [6, 6.07) is 13.8. The molecule has 0 saturated carbocycles. The van der Waals surface area contributed by atoms with Gasteiger partial charge in [0.25, 0.3) is 5.91 Å². The molecular formula is C24H23N5O5. The topological polar surface area (TPSA) is 115 Å². The highest BCUT2D eigenvalue weighted by Gasteiger charge is 2.50. The highest BCUT2D eigenvalue weighted by atomic mass is 16.7. The molecule has 0 aliphatic carbocycles. The van der Waals surface area contributed by atoms with Crippen LogP contribution in [0.3, 0.4) is 0 Å². The van der Waals surface area contributed by atoms with E-state index in [9.17, 15) is 14.4 Å².